The fourth-order valence-corrected chi connectivity index (χ4v) is 2.09. The van der Waals surface area contributed by atoms with Crippen LogP contribution < -0.4 is 39.4 Å². The number of benzene rings is 1. The number of aliphatic carboxylic acids is 1. The third-order valence-corrected chi connectivity index (χ3v) is 2.81. The van der Waals surface area contributed by atoms with Crippen LogP contribution in [0, 0.1) is 13.8 Å². The molecular formula is C13H10F3NaO3. The largest absolute Gasteiger partial charge is 1.00 e. The van der Waals surface area contributed by atoms with Gasteiger partial charge in [0.25, 0.3) is 0 Å². The molecule has 0 aromatic heterocycles. The molecule has 1 aliphatic heterocycles. The first-order valence-electron chi connectivity index (χ1n) is 5.47. The first-order chi connectivity index (χ1) is 8.70. The predicted octanol–water partition coefficient (Wildman–Crippen LogP) is -1.24. The molecule has 0 unspecified atom stereocenters. The molecule has 0 fully saturated rings. The summed E-state index contributed by atoms with van der Waals surface area (Å²) in [5, 5.41) is 10.8. The average molecular weight is 294 g/mol. The molecule has 20 heavy (non-hydrogen) atoms. The number of carboxylic acid groups (broad SMARTS) is 1. The molecule has 1 aliphatic rings. The molecule has 0 saturated carbocycles. The maximum absolute atomic E-state index is 12.8. The summed E-state index contributed by atoms with van der Waals surface area (Å²) in [6.07, 6.45) is -6.33. The Morgan fingerprint density at radius 1 is 1.30 bits per heavy atom. The van der Waals surface area contributed by atoms with Gasteiger partial charge in [0.15, 0.2) is 0 Å². The number of ether oxygens (including phenoxy) is 1. The van der Waals surface area contributed by atoms with Crippen molar-refractivity contribution >= 4 is 12.0 Å². The van der Waals surface area contributed by atoms with Gasteiger partial charge in [0.1, 0.15) is 5.75 Å². The van der Waals surface area contributed by atoms with Crippen molar-refractivity contribution in [2.75, 3.05) is 0 Å². The third-order valence-electron chi connectivity index (χ3n) is 2.81. The van der Waals surface area contributed by atoms with E-state index in [4.69, 9.17) is 4.74 Å². The van der Waals surface area contributed by atoms with Gasteiger partial charge in [-0.2, -0.15) is 13.2 Å². The minimum absolute atomic E-state index is 0. The van der Waals surface area contributed by atoms with Crippen molar-refractivity contribution in [3.05, 3.63) is 34.4 Å². The van der Waals surface area contributed by atoms with E-state index >= 15 is 0 Å². The van der Waals surface area contributed by atoms with Crippen LogP contribution in [0.4, 0.5) is 13.2 Å². The first-order valence-corrected chi connectivity index (χ1v) is 5.47. The van der Waals surface area contributed by atoms with Crippen LogP contribution in [0.1, 0.15) is 16.7 Å². The van der Waals surface area contributed by atoms with Crippen molar-refractivity contribution in [3.8, 4) is 5.75 Å². The van der Waals surface area contributed by atoms with Crippen LogP contribution in [0.15, 0.2) is 17.7 Å². The van der Waals surface area contributed by atoms with E-state index in [1.165, 1.54) is 0 Å². The number of aryl methyl sites for hydroxylation is 2. The quantitative estimate of drug-likeness (QED) is 0.609. The Morgan fingerprint density at radius 3 is 2.40 bits per heavy atom. The van der Waals surface area contributed by atoms with Crippen molar-refractivity contribution in [1.29, 1.82) is 0 Å². The molecule has 3 nitrogen and oxygen atoms in total. The molecule has 1 heterocycles. The van der Waals surface area contributed by atoms with Crippen LogP contribution >= 0.6 is 0 Å². The zero-order chi connectivity index (χ0) is 14.4. The second kappa shape index (κ2) is 5.79. The number of halogens is 3. The summed E-state index contributed by atoms with van der Waals surface area (Å²) in [6, 6.07) is 3.24. The Balaban J connectivity index is 0.00000200. The SMILES string of the molecule is Cc1cc(C)c2c(c1)C=C(C(=O)[O-])[C@@H](C(F)(F)F)O2.[Na+]. The molecule has 0 aliphatic carbocycles. The normalized spacial score (nSPS) is 17.4. The Kier molecular flexibility index (Phi) is 4.94. The maximum atomic E-state index is 12.8. The molecule has 0 saturated heterocycles. The van der Waals surface area contributed by atoms with Gasteiger partial charge in [0.05, 0.1) is 5.97 Å². The van der Waals surface area contributed by atoms with E-state index in [-0.39, 0.29) is 35.3 Å². The van der Waals surface area contributed by atoms with Crippen LogP contribution in [0.2, 0.25) is 0 Å². The van der Waals surface area contributed by atoms with E-state index < -0.39 is 23.8 Å². The van der Waals surface area contributed by atoms with Crippen LogP contribution in [0.5, 0.6) is 5.75 Å². The number of alkyl halides is 3. The number of hydrogen-bond acceptors (Lipinski definition) is 3. The van der Waals surface area contributed by atoms with Crippen LogP contribution in [0.3, 0.4) is 0 Å². The van der Waals surface area contributed by atoms with Gasteiger partial charge in [-0.25, -0.2) is 0 Å². The van der Waals surface area contributed by atoms with Crippen LogP contribution in [-0.4, -0.2) is 18.2 Å². The van der Waals surface area contributed by atoms with Gasteiger partial charge in [-0.05, 0) is 31.6 Å². The van der Waals surface area contributed by atoms with Gasteiger partial charge >= 0.3 is 35.7 Å². The predicted molar refractivity (Wildman–Crippen MR) is 59.4 cm³/mol. The topological polar surface area (TPSA) is 49.4 Å². The fourth-order valence-electron chi connectivity index (χ4n) is 2.09. The molecule has 1 aromatic rings. The van der Waals surface area contributed by atoms with E-state index in [1.807, 2.05) is 0 Å². The van der Waals surface area contributed by atoms with Gasteiger partial charge in [0, 0.05) is 11.1 Å². The molecule has 1 atom stereocenters. The monoisotopic (exact) mass is 294 g/mol. The molecule has 0 N–H and O–H groups in total. The second-order valence-electron chi connectivity index (χ2n) is 4.43. The number of rotatable bonds is 1. The third kappa shape index (κ3) is 3.19. The minimum Gasteiger partial charge on any atom is -0.545 e. The fraction of sp³-hybridized carbons (Fsp3) is 0.308. The van der Waals surface area contributed by atoms with Gasteiger partial charge in [0.2, 0.25) is 6.10 Å². The second-order valence-corrected chi connectivity index (χ2v) is 4.43. The van der Waals surface area contributed by atoms with Crippen molar-refractivity contribution in [2.24, 2.45) is 0 Å². The van der Waals surface area contributed by atoms with E-state index in [9.17, 15) is 23.1 Å². The molecule has 0 radical (unpaired) electrons. The number of carboxylic acids is 1. The van der Waals surface area contributed by atoms with Gasteiger partial charge in [-0.15, -0.1) is 0 Å². The molecule has 2 rings (SSSR count). The zero-order valence-electron chi connectivity index (χ0n) is 11.2. The summed E-state index contributed by atoms with van der Waals surface area (Å²) >= 11 is 0. The van der Waals surface area contributed by atoms with Crippen LogP contribution in [-0.2, 0) is 4.79 Å². The Hall–Kier alpha value is -0.980. The standard InChI is InChI=1S/C13H11F3O3.Na/c1-6-3-7(2)10-8(4-6)5-9(12(17)18)11(19-10)13(14,15)16;/h3-5,11H,1-2H3,(H,17,18);/q;+1/p-1/t11-;/m0./s1. The molecule has 102 valence electrons. The number of carbonyl (C=O) groups is 1. The number of fused-ring (bicyclic) bond motifs is 1. The van der Waals surface area contributed by atoms with Crippen molar-refractivity contribution in [3.63, 3.8) is 0 Å². The van der Waals surface area contributed by atoms with Gasteiger partial charge in [-0.3, -0.25) is 0 Å². The Labute approximate surface area is 135 Å². The van der Waals surface area contributed by atoms with E-state index in [0.29, 0.717) is 11.1 Å². The van der Waals surface area contributed by atoms with Gasteiger partial charge in [-0.1, -0.05) is 11.6 Å². The number of carbonyl (C=O) groups excluding carboxylic acids is 1. The first kappa shape index (κ1) is 17.1. The zero-order valence-corrected chi connectivity index (χ0v) is 13.2. The Bertz CT molecular complexity index is 579. The van der Waals surface area contributed by atoms with E-state index in [0.717, 1.165) is 11.6 Å². The Morgan fingerprint density at radius 2 is 1.90 bits per heavy atom. The molecule has 0 bridgehead atoms. The van der Waals surface area contributed by atoms with Crippen molar-refractivity contribution < 1.29 is 57.4 Å². The molecule has 1 aromatic carbocycles. The van der Waals surface area contributed by atoms with E-state index in [1.54, 1.807) is 26.0 Å². The molecule has 0 spiro atoms. The molecule has 0 amide bonds. The summed E-state index contributed by atoms with van der Waals surface area (Å²) in [5.41, 5.74) is 0.736. The van der Waals surface area contributed by atoms with Crippen molar-refractivity contribution in [2.45, 2.75) is 26.1 Å². The minimum atomic E-state index is -4.80. The molecular weight excluding hydrogens is 284 g/mol. The summed E-state index contributed by atoms with van der Waals surface area (Å²) in [6.45, 7) is 3.37. The summed E-state index contributed by atoms with van der Waals surface area (Å²) in [4.78, 5) is 10.8. The van der Waals surface area contributed by atoms with Crippen LogP contribution in [0.25, 0.3) is 6.08 Å². The average Bonchev–Trinajstić information content (AvgIpc) is 2.25. The smallest absolute Gasteiger partial charge is 0.545 e. The van der Waals surface area contributed by atoms with E-state index in [2.05, 4.69) is 0 Å². The number of hydrogen-bond donors (Lipinski definition) is 0. The summed E-state index contributed by atoms with van der Waals surface area (Å²) in [7, 11) is 0. The van der Waals surface area contributed by atoms with Crippen molar-refractivity contribution in [1.82, 2.24) is 0 Å². The van der Waals surface area contributed by atoms with Gasteiger partial charge < -0.3 is 14.6 Å². The molecule has 7 heteroatoms. The maximum Gasteiger partial charge on any atom is 1.00 e. The summed E-state index contributed by atoms with van der Waals surface area (Å²) in [5.74, 6) is -1.83. The summed E-state index contributed by atoms with van der Waals surface area (Å²) < 4.78 is 43.2.